The predicted molar refractivity (Wildman–Crippen MR) is 89.4 cm³/mol. The van der Waals surface area contributed by atoms with Crippen LogP contribution in [0.3, 0.4) is 0 Å². The number of rotatable bonds is 2. The molecule has 0 fully saturated rings. The molecule has 0 amide bonds. The van der Waals surface area contributed by atoms with Crippen molar-refractivity contribution in [3.63, 3.8) is 0 Å². The number of hydrogen-bond acceptors (Lipinski definition) is 2. The minimum absolute atomic E-state index is 0.994. The minimum atomic E-state index is -1.43. The zero-order chi connectivity index (χ0) is 14.4. The molecule has 0 unspecified atom stereocenters. The molecule has 0 radical (unpaired) electrons. The van der Waals surface area contributed by atoms with Crippen molar-refractivity contribution in [2.45, 2.75) is 0 Å². The first-order valence-corrected chi connectivity index (χ1v) is 6.95. The first kappa shape index (κ1) is 12.4. The van der Waals surface area contributed by atoms with Gasteiger partial charge in [-0.1, -0.05) is 66.6 Å². The highest BCUT2D eigenvalue weighted by Gasteiger charge is 2.09. The average Bonchev–Trinajstić information content (AvgIpc) is 2.51. The van der Waals surface area contributed by atoms with E-state index in [4.69, 9.17) is 10.0 Å². The van der Waals surface area contributed by atoms with E-state index in [0.29, 0.717) is 0 Å². The second-order valence-electron chi connectivity index (χ2n) is 5.28. The summed E-state index contributed by atoms with van der Waals surface area (Å²) in [5.74, 6) is 1.38. The Hall–Kier alpha value is -2.36. The smallest absolute Gasteiger partial charge is 0.424 e. The minimum Gasteiger partial charge on any atom is -0.424 e. The SMILES string of the molecule is OB(O)/C=C/c1ccc2ccc3cccc4ccc1c2c34. The van der Waals surface area contributed by atoms with Gasteiger partial charge in [-0.15, -0.1) is 0 Å². The Kier molecular flexibility index (Phi) is 2.71. The van der Waals surface area contributed by atoms with Crippen LogP contribution >= 0.6 is 0 Å². The normalized spacial score (nSPS) is 12.1. The Morgan fingerprint density at radius 2 is 1.33 bits per heavy atom. The summed E-state index contributed by atoms with van der Waals surface area (Å²) in [6, 6.07) is 18.9. The van der Waals surface area contributed by atoms with E-state index in [1.165, 1.54) is 32.9 Å². The number of hydrogen-bond donors (Lipinski definition) is 2. The average molecular weight is 272 g/mol. The maximum absolute atomic E-state index is 9.02. The van der Waals surface area contributed by atoms with Crippen LogP contribution < -0.4 is 0 Å². The molecule has 21 heavy (non-hydrogen) atoms. The van der Waals surface area contributed by atoms with Crippen LogP contribution in [0.2, 0.25) is 0 Å². The third kappa shape index (κ3) is 1.90. The van der Waals surface area contributed by atoms with E-state index in [2.05, 4.69) is 48.5 Å². The molecule has 2 nitrogen and oxygen atoms in total. The summed E-state index contributed by atoms with van der Waals surface area (Å²) >= 11 is 0. The fourth-order valence-corrected chi connectivity index (χ4v) is 3.09. The van der Waals surface area contributed by atoms with Gasteiger partial charge in [0.2, 0.25) is 0 Å². The highest BCUT2D eigenvalue weighted by atomic mass is 16.4. The van der Waals surface area contributed by atoms with Gasteiger partial charge in [-0.25, -0.2) is 0 Å². The van der Waals surface area contributed by atoms with Gasteiger partial charge in [-0.2, -0.15) is 0 Å². The van der Waals surface area contributed by atoms with Crippen molar-refractivity contribution in [2.24, 2.45) is 0 Å². The largest absolute Gasteiger partial charge is 0.480 e. The Morgan fingerprint density at radius 3 is 2.05 bits per heavy atom. The molecule has 3 heteroatoms. The first-order valence-electron chi connectivity index (χ1n) is 6.95. The molecule has 0 aromatic heterocycles. The third-order valence-corrected chi connectivity index (χ3v) is 4.01. The van der Waals surface area contributed by atoms with Crippen LogP contribution in [0, 0.1) is 0 Å². The summed E-state index contributed by atoms with van der Waals surface area (Å²) < 4.78 is 0. The van der Waals surface area contributed by atoms with Gasteiger partial charge in [0.05, 0.1) is 0 Å². The topological polar surface area (TPSA) is 40.5 Å². The monoisotopic (exact) mass is 272 g/mol. The summed E-state index contributed by atoms with van der Waals surface area (Å²) in [5, 5.41) is 25.4. The lowest BCUT2D eigenvalue weighted by molar-refractivity contribution is 0.424. The summed E-state index contributed by atoms with van der Waals surface area (Å²) in [4.78, 5) is 0. The van der Waals surface area contributed by atoms with Gasteiger partial charge in [0, 0.05) is 0 Å². The molecule has 2 N–H and O–H groups in total. The Morgan fingerprint density at radius 1 is 0.714 bits per heavy atom. The lowest BCUT2D eigenvalue weighted by atomic mass is 9.88. The van der Waals surface area contributed by atoms with Crippen LogP contribution in [0.5, 0.6) is 0 Å². The maximum Gasteiger partial charge on any atom is 0.480 e. The van der Waals surface area contributed by atoms with Crippen LogP contribution in [0.1, 0.15) is 5.56 Å². The van der Waals surface area contributed by atoms with Crippen LogP contribution in [0.25, 0.3) is 38.4 Å². The summed E-state index contributed by atoms with van der Waals surface area (Å²) in [5.41, 5.74) is 0.994. The van der Waals surface area contributed by atoms with Crippen LogP contribution in [-0.2, 0) is 0 Å². The molecule has 0 bridgehead atoms. The number of benzene rings is 4. The van der Waals surface area contributed by atoms with Gasteiger partial charge in [0.1, 0.15) is 0 Å². The second kappa shape index (κ2) is 4.59. The van der Waals surface area contributed by atoms with Gasteiger partial charge in [-0.3, -0.25) is 0 Å². The highest BCUT2D eigenvalue weighted by Crippen LogP contribution is 2.36. The maximum atomic E-state index is 9.02. The zero-order valence-electron chi connectivity index (χ0n) is 11.3. The van der Waals surface area contributed by atoms with E-state index in [-0.39, 0.29) is 0 Å². The van der Waals surface area contributed by atoms with E-state index in [0.717, 1.165) is 10.9 Å². The molecular formula is C18H13BO2. The molecule has 0 saturated heterocycles. The van der Waals surface area contributed by atoms with Gasteiger partial charge in [0.25, 0.3) is 0 Å². The lowest BCUT2D eigenvalue weighted by Crippen LogP contribution is -2.05. The van der Waals surface area contributed by atoms with Crippen LogP contribution in [0.4, 0.5) is 0 Å². The fourth-order valence-electron chi connectivity index (χ4n) is 3.09. The van der Waals surface area contributed by atoms with Gasteiger partial charge >= 0.3 is 7.12 Å². The summed E-state index contributed by atoms with van der Waals surface area (Å²) in [6.45, 7) is 0. The van der Waals surface area contributed by atoms with E-state index < -0.39 is 7.12 Å². The van der Waals surface area contributed by atoms with Gasteiger partial charge < -0.3 is 10.0 Å². The molecule has 4 aromatic rings. The summed E-state index contributed by atoms with van der Waals surface area (Å²) in [6.07, 6.45) is 1.76. The molecule has 0 heterocycles. The molecule has 0 aliphatic carbocycles. The predicted octanol–water partition coefficient (Wildman–Crippen LogP) is 3.61. The van der Waals surface area contributed by atoms with E-state index in [9.17, 15) is 0 Å². The fraction of sp³-hybridized carbons (Fsp3) is 0. The first-order chi connectivity index (χ1) is 10.2. The van der Waals surface area contributed by atoms with Crippen molar-refractivity contribution in [1.29, 1.82) is 0 Å². The molecular weight excluding hydrogens is 259 g/mol. The van der Waals surface area contributed by atoms with E-state index in [1.54, 1.807) is 6.08 Å². The van der Waals surface area contributed by atoms with E-state index in [1.807, 2.05) is 6.07 Å². The van der Waals surface area contributed by atoms with Gasteiger partial charge in [0.15, 0.2) is 0 Å². The van der Waals surface area contributed by atoms with Crippen molar-refractivity contribution in [3.8, 4) is 0 Å². The quantitative estimate of drug-likeness (QED) is 0.432. The molecule has 4 aromatic carbocycles. The van der Waals surface area contributed by atoms with Crippen molar-refractivity contribution in [1.82, 2.24) is 0 Å². The molecule has 0 saturated carbocycles. The van der Waals surface area contributed by atoms with E-state index >= 15 is 0 Å². The van der Waals surface area contributed by atoms with Crippen LogP contribution in [0.15, 0.2) is 60.6 Å². The van der Waals surface area contributed by atoms with Crippen LogP contribution in [-0.4, -0.2) is 17.2 Å². The van der Waals surface area contributed by atoms with Crippen molar-refractivity contribution in [2.75, 3.05) is 0 Å². The van der Waals surface area contributed by atoms with Crippen molar-refractivity contribution in [3.05, 3.63) is 66.1 Å². The molecule has 4 rings (SSSR count). The van der Waals surface area contributed by atoms with Crippen molar-refractivity contribution < 1.29 is 10.0 Å². The highest BCUT2D eigenvalue weighted by molar-refractivity contribution is 6.48. The Labute approximate surface area is 122 Å². The molecule has 0 aliphatic heterocycles. The third-order valence-electron chi connectivity index (χ3n) is 4.01. The van der Waals surface area contributed by atoms with Gasteiger partial charge in [-0.05, 0) is 37.9 Å². The Bertz CT molecular complexity index is 957. The zero-order valence-corrected chi connectivity index (χ0v) is 11.3. The lowest BCUT2D eigenvalue weighted by Gasteiger charge is -2.12. The molecule has 0 aliphatic rings. The molecule has 0 spiro atoms. The summed E-state index contributed by atoms with van der Waals surface area (Å²) in [7, 11) is -1.43. The standard InChI is InChI=1S/C18H13BO2/c20-19(21)11-10-12-4-5-15-7-6-13-2-1-3-14-8-9-16(12)18(15)17(13)14/h1-11,20-21H/b11-10+. The Balaban J connectivity index is 2.15. The van der Waals surface area contributed by atoms with Crippen molar-refractivity contribution >= 4 is 45.5 Å². The second-order valence-corrected chi connectivity index (χ2v) is 5.28. The molecule has 0 atom stereocenters. The molecule has 100 valence electrons.